The Kier molecular flexibility index (Phi) is 5.51. The number of nitrogens with zero attached hydrogens (tertiary/aromatic N) is 2. The van der Waals surface area contributed by atoms with Gasteiger partial charge < -0.3 is 9.64 Å². The summed E-state index contributed by atoms with van der Waals surface area (Å²) in [6.07, 6.45) is 0.943. The second-order valence-electron chi connectivity index (χ2n) is 8.02. The molecule has 7 nitrogen and oxygen atoms in total. The van der Waals surface area contributed by atoms with Crippen LogP contribution in [-0.2, 0) is 19.4 Å². The van der Waals surface area contributed by atoms with Gasteiger partial charge in [0, 0.05) is 13.5 Å². The monoisotopic (exact) mass is 442 g/mol. The van der Waals surface area contributed by atoms with Gasteiger partial charge in [0.25, 0.3) is 0 Å². The minimum atomic E-state index is -3.31. The van der Waals surface area contributed by atoms with Crippen LogP contribution in [0.4, 0.5) is 16.2 Å². The minimum absolute atomic E-state index is 0.109. The summed E-state index contributed by atoms with van der Waals surface area (Å²) in [7, 11) is -3.31. The molecule has 1 atom stereocenters. The van der Waals surface area contributed by atoms with Crippen molar-refractivity contribution in [3.8, 4) is 11.1 Å². The molecule has 0 saturated heterocycles. The molecule has 1 heterocycles. The van der Waals surface area contributed by atoms with Gasteiger partial charge in [-0.05, 0) is 62.1 Å². The first kappa shape index (κ1) is 21.4. The van der Waals surface area contributed by atoms with Crippen LogP contribution in [0.1, 0.15) is 33.6 Å². The zero-order valence-corrected chi connectivity index (χ0v) is 18.7. The second kappa shape index (κ2) is 8.00. The zero-order valence-electron chi connectivity index (χ0n) is 17.9. The van der Waals surface area contributed by atoms with Gasteiger partial charge in [0.05, 0.1) is 34.2 Å². The number of hydrogen-bond donors (Lipinski definition) is 0. The van der Waals surface area contributed by atoms with Crippen molar-refractivity contribution in [3.05, 3.63) is 42.5 Å². The van der Waals surface area contributed by atoms with Crippen LogP contribution in [0.3, 0.4) is 0 Å². The molecule has 2 aromatic rings. The third-order valence-electron chi connectivity index (χ3n) is 5.70. The lowest BCUT2D eigenvalue weighted by molar-refractivity contribution is -0.117. The van der Waals surface area contributed by atoms with E-state index < -0.39 is 15.9 Å². The number of carbonyl (C=O) groups is 2. The summed E-state index contributed by atoms with van der Waals surface area (Å²) in [5.74, 6) is -0.109. The SMILES string of the molecule is CCOC(=O)N1C[C@H](C)N(C(C)=O)c2ccc(-c3cccc(S(=O)(=O)C4CC4)c3)cc21. The fourth-order valence-electron chi connectivity index (χ4n) is 4.08. The van der Waals surface area contributed by atoms with Gasteiger partial charge in [0.2, 0.25) is 5.91 Å². The molecule has 0 spiro atoms. The second-order valence-corrected chi connectivity index (χ2v) is 10.3. The molecule has 0 N–H and O–H groups in total. The molecule has 1 aliphatic carbocycles. The average molecular weight is 443 g/mol. The van der Waals surface area contributed by atoms with Crippen LogP contribution >= 0.6 is 0 Å². The molecule has 4 rings (SSSR count). The van der Waals surface area contributed by atoms with E-state index in [-0.39, 0.29) is 23.8 Å². The lowest BCUT2D eigenvalue weighted by Crippen LogP contribution is -2.51. The van der Waals surface area contributed by atoms with Crippen LogP contribution in [0.2, 0.25) is 0 Å². The van der Waals surface area contributed by atoms with E-state index in [4.69, 9.17) is 4.74 Å². The summed E-state index contributed by atoms with van der Waals surface area (Å²) in [4.78, 5) is 28.4. The zero-order chi connectivity index (χ0) is 22.3. The summed E-state index contributed by atoms with van der Waals surface area (Å²) < 4.78 is 30.6. The van der Waals surface area contributed by atoms with Gasteiger partial charge in [0.15, 0.2) is 9.84 Å². The highest BCUT2D eigenvalue weighted by Crippen LogP contribution is 2.40. The normalized spacial score (nSPS) is 18.5. The van der Waals surface area contributed by atoms with Gasteiger partial charge in [-0.3, -0.25) is 9.69 Å². The fourth-order valence-corrected chi connectivity index (χ4v) is 5.78. The first-order valence-corrected chi connectivity index (χ1v) is 12.0. The third kappa shape index (κ3) is 3.92. The largest absolute Gasteiger partial charge is 0.449 e. The maximum Gasteiger partial charge on any atom is 0.414 e. The minimum Gasteiger partial charge on any atom is -0.449 e. The summed E-state index contributed by atoms with van der Waals surface area (Å²) in [6.45, 7) is 5.69. The fraction of sp³-hybridized carbons (Fsp3) is 0.391. The van der Waals surface area contributed by atoms with Crippen LogP contribution in [0.15, 0.2) is 47.4 Å². The van der Waals surface area contributed by atoms with E-state index >= 15 is 0 Å². The first-order chi connectivity index (χ1) is 14.7. The quantitative estimate of drug-likeness (QED) is 0.714. The van der Waals surface area contributed by atoms with E-state index in [1.54, 1.807) is 36.1 Å². The first-order valence-electron chi connectivity index (χ1n) is 10.5. The molecular formula is C23H26N2O5S. The molecule has 31 heavy (non-hydrogen) atoms. The van der Waals surface area contributed by atoms with Gasteiger partial charge in [-0.2, -0.15) is 0 Å². The van der Waals surface area contributed by atoms with Crippen molar-refractivity contribution in [3.63, 3.8) is 0 Å². The predicted molar refractivity (Wildman–Crippen MR) is 119 cm³/mol. The van der Waals surface area contributed by atoms with E-state index in [0.717, 1.165) is 11.1 Å². The van der Waals surface area contributed by atoms with E-state index in [2.05, 4.69) is 0 Å². The van der Waals surface area contributed by atoms with Crippen molar-refractivity contribution in [2.45, 2.75) is 49.8 Å². The Hall–Kier alpha value is -2.87. The number of fused-ring (bicyclic) bond motifs is 1. The predicted octanol–water partition coefficient (Wildman–Crippen LogP) is 4.01. The van der Waals surface area contributed by atoms with E-state index in [9.17, 15) is 18.0 Å². The van der Waals surface area contributed by atoms with Crippen LogP contribution in [0.25, 0.3) is 11.1 Å². The maximum absolute atomic E-state index is 12.7. The smallest absolute Gasteiger partial charge is 0.414 e. The Balaban J connectivity index is 1.79. The number of ether oxygens (including phenoxy) is 1. The van der Waals surface area contributed by atoms with Crippen molar-refractivity contribution in [1.29, 1.82) is 0 Å². The van der Waals surface area contributed by atoms with Crippen molar-refractivity contribution >= 4 is 33.2 Å². The van der Waals surface area contributed by atoms with Crippen molar-refractivity contribution in [2.75, 3.05) is 23.0 Å². The molecule has 1 aliphatic heterocycles. The van der Waals surface area contributed by atoms with Crippen LogP contribution in [0.5, 0.6) is 0 Å². The van der Waals surface area contributed by atoms with Crippen molar-refractivity contribution < 1.29 is 22.7 Å². The van der Waals surface area contributed by atoms with Gasteiger partial charge >= 0.3 is 6.09 Å². The van der Waals surface area contributed by atoms with Crippen LogP contribution in [0, 0.1) is 0 Å². The Morgan fingerprint density at radius 3 is 2.42 bits per heavy atom. The van der Waals surface area contributed by atoms with E-state index in [0.29, 0.717) is 35.7 Å². The molecule has 1 saturated carbocycles. The number of hydrogen-bond acceptors (Lipinski definition) is 5. The van der Waals surface area contributed by atoms with Crippen molar-refractivity contribution in [1.82, 2.24) is 0 Å². The number of sulfone groups is 1. The summed E-state index contributed by atoms with van der Waals surface area (Å²) >= 11 is 0. The Labute approximate surface area is 182 Å². The molecule has 164 valence electrons. The van der Waals surface area contributed by atoms with Gasteiger partial charge in [-0.15, -0.1) is 0 Å². The molecule has 2 aromatic carbocycles. The molecular weight excluding hydrogens is 416 g/mol. The highest BCUT2D eigenvalue weighted by Gasteiger charge is 2.37. The Morgan fingerprint density at radius 2 is 1.77 bits per heavy atom. The van der Waals surface area contributed by atoms with E-state index in [1.807, 2.05) is 25.1 Å². The highest BCUT2D eigenvalue weighted by molar-refractivity contribution is 7.92. The molecule has 8 heteroatoms. The van der Waals surface area contributed by atoms with Gasteiger partial charge in [-0.1, -0.05) is 18.2 Å². The molecule has 2 aliphatic rings. The summed E-state index contributed by atoms with van der Waals surface area (Å²) in [5.41, 5.74) is 2.70. The number of rotatable bonds is 4. The number of benzene rings is 2. The van der Waals surface area contributed by atoms with Crippen molar-refractivity contribution in [2.24, 2.45) is 0 Å². The molecule has 1 fully saturated rings. The van der Waals surface area contributed by atoms with E-state index in [1.165, 1.54) is 11.8 Å². The summed E-state index contributed by atoms with van der Waals surface area (Å²) in [5, 5.41) is -0.281. The Morgan fingerprint density at radius 1 is 1.06 bits per heavy atom. The van der Waals surface area contributed by atoms with Crippen LogP contribution in [-0.4, -0.2) is 44.9 Å². The molecule has 0 radical (unpaired) electrons. The Bertz CT molecular complexity index is 1140. The standard InChI is InChI=1S/C23H26N2O5S/c1-4-30-23(27)24-14-15(2)25(16(3)26)21-11-8-18(13-22(21)24)17-6-5-7-20(12-17)31(28,29)19-9-10-19/h5-8,11-13,15,19H,4,9-10,14H2,1-3H3/t15-/m0/s1. The molecule has 0 unspecified atom stereocenters. The number of anilines is 2. The lowest BCUT2D eigenvalue weighted by atomic mass is 10.0. The summed E-state index contributed by atoms with van der Waals surface area (Å²) in [6, 6.07) is 12.1. The molecule has 2 amide bonds. The molecule has 0 aromatic heterocycles. The van der Waals surface area contributed by atoms with Crippen LogP contribution < -0.4 is 9.80 Å². The highest BCUT2D eigenvalue weighted by atomic mass is 32.2. The topological polar surface area (TPSA) is 84.0 Å². The molecule has 0 bridgehead atoms. The van der Waals surface area contributed by atoms with Gasteiger partial charge in [-0.25, -0.2) is 13.2 Å². The maximum atomic E-state index is 12.7. The van der Waals surface area contributed by atoms with Gasteiger partial charge in [0.1, 0.15) is 0 Å². The number of carbonyl (C=O) groups excluding carboxylic acids is 2. The lowest BCUT2D eigenvalue weighted by Gasteiger charge is -2.40. The number of amides is 2. The third-order valence-corrected chi connectivity index (χ3v) is 7.96. The average Bonchev–Trinajstić information content (AvgIpc) is 3.59.